The number of benzene rings is 2. The number of nitrogen functional groups attached to an aromatic ring is 2. The summed E-state index contributed by atoms with van der Waals surface area (Å²) < 4.78 is 43.2. The third kappa shape index (κ3) is 14.1. The normalized spacial score (nSPS) is 28.0. The zero-order valence-corrected chi connectivity index (χ0v) is 54.2. The number of halogens is 2. The molecule has 2 unspecified atom stereocenters. The first kappa shape index (κ1) is 61.2. The van der Waals surface area contributed by atoms with Crippen LogP contribution in [0, 0.1) is 0 Å². The summed E-state index contributed by atoms with van der Waals surface area (Å²) in [6, 6.07) is 12.8. The summed E-state index contributed by atoms with van der Waals surface area (Å²) in [6.45, 7) is 49.1. The van der Waals surface area contributed by atoms with Gasteiger partial charge in [-0.2, -0.15) is 0 Å². The number of hydrogen-bond donors (Lipinski definition) is 2. The second-order valence-corrected chi connectivity index (χ2v) is 48.9. The van der Waals surface area contributed by atoms with E-state index in [1.165, 1.54) is 11.1 Å². The summed E-state index contributed by atoms with van der Waals surface area (Å²) in [7, 11) is -7.51. The standard InChI is InChI=1S/2C27H48BrNO3Si2.B/c2*1-24(2,3)33(7,8)30-18-26-13-14-27(32-26,19-31-34(9,10)25(4,5)6)17-21(16-26)20-11-12-23(29)22(28)15-20;/h2*11-12,15,21H,13-14,16-19,29H2,1-10H3;/t2*21?,26-,27+;. The lowest BCUT2D eigenvalue weighted by Gasteiger charge is -2.47. The highest BCUT2D eigenvalue weighted by molar-refractivity contribution is 9.11. The molecule has 2 aromatic carbocycles. The summed E-state index contributed by atoms with van der Waals surface area (Å²) in [4.78, 5) is 0. The molecule has 391 valence electrons. The molecule has 0 saturated carbocycles. The fourth-order valence-corrected chi connectivity index (χ4v) is 14.4. The van der Waals surface area contributed by atoms with Crippen molar-refractivity contribution in [2.45, 2.75) is 241 Å². The van der Waals surface area contributed by atoms with Crippen molar-refractivity contribution in [3.8, 4) is 0 Å². The maximum atomic E-state index is 7.05. The fourth-order valence-electron chi connectivity index (χ4n) is 9.37. The Balaban J connectivity index is 0.000000296. The zero-order valence-electron chi connectivity index (χ0n) is 47.0. The molecule has 4 aliphatic heterocycles. The molecule has 0 aliphatic carbocycles. The van der Waals surface area contributed by atoms with Gasteiger partial charge < -0.3 is 38.6 Å². The molecule has 2 aromatic rings. The molecule has 4 bridgehead atoms. The second-order valence-electron chi connectivity index (χ2n) is 27.9. The number of rotatable bonds is 14. The van der Waals surface area contributed by atoms with E-state index in [9.17, 15) is 0 Å². The average Bonchev–Trinajstić information content (AvgIpc) is 3.63. The van der Waals surface area contributed by atoms with Gasteiger partial charge in [-0.05, 0) is 203 Å². The van der Waals surface area contributed by atoms with Gasteiger partial charge in [0.15, 0.2) is 33.3 Å². The zero-order chi connectivity index (χ0) is 51.6. The Morgan fingerprint density at radius 2 is 0.681 bits per heavy atom. The number of fused-ring (bicyclic) bond motifs is 4. The Labute approximate surface area is 444 Å². The maximum absolute atomic E-state index is 7.05. The van der Waals surface area contributed by atoms with E-state index >= 15 is 0 Å². The van der Waals surface area contributed by atoms with Crippen LogP contribution in [0.25, 0.3) is 0 Å². The van der Waals surface area contributed by atoms with Crippen molar-refractivity contribution in [3.63, 3.8) is 0 Å². The van der Waals surface area contributed by atoms with Crippen molar-refractivity contribution in [2.75, 3.05) is 37.9 Å². The van der Waals surface area contributed by atoms with Crippen LogP contribution in [0.1, 0.15) is 157 Å². The molecule has 3 radical (unpaired) electrons. The first-order valence-corrected chi connectivity index (χ1v) is 38.9. The molecule has 6 rings (SSSR count). The molecular weight excluding hydrogens is 1060 g/mol. The van der Waals surface area contributed by atoms with E-state index in [2.05, 4.69) is 192 Å². The van der Waals surface area contributed by atoms with Crippen LogP contribution in [0.4, 0.5) is 11.4 Å². The van der Waals surface area contributed by atoms with Gasteiger partial charge in [0.25, 0.3) is 0 Å². The van der Waals surface area contributed by atoms with Crippen LogP contribution in [0.5, 0.6) is 0 Å². The van der Waals surface area contributed by atoms with Crippen LogP contribution in [0.3, 0.4) is 0 Å². The largest absolute Gasteiger partial charge is 0.414 e. The van der Waals surface area contributed by atoms with Gasteiger partial charge in [0.1, 0.15) is 0 Å². The van der Waals surface area contributed by atoms with Crippen molar-refractivity contribution in [3.05, 3.63) is 56.5 Å². The Kier molecular flexibility index (Phi) is 18.7. The van der Waals surface area contributed by atoms with Crippen molar-refractivity contribution >= 4 is 84.9 Å². The minimum absolute atomic E-state index is 0. The molecule has 4 heterocycles. The SMILES string of the molecule is CC(C)(C)[Si](C)(C)OC[C@@]12CC[C@@](CO[Si](C)(C)C(C)(C)C)(CC(c3ccc(N)c(Br)c3)C1)O2.CC(C)(C)[Si](C)(C)OC[C@@]12CC[C@@](CO[Si](C)(C)C(C)(C)C)(CC(c3ccc(N)c(Br)c3)C1)O2.[B]. The van der Waals surface area contributed by atoms with E-state index in [4.69, 9.17) is 38.6 Å². The smallest absolute Gasteiger partial charge is 0.192 e. The Bertz CT molecular complexity index is 1850. The lowest BCUT2D eigenvalue weighted by atomic mass is 9.80. The second kappa shape index (κ2) is 21.0. The first-order chi connectivity index (χ1) is 30.6. The number of hydrogen-bond acceptors (Lipinski definition) is 8. The minimum Gasteiger partial charge on any atom is -0.414 e. The molecule has 4 fully saturated rings. The van der Waals surface area contributed by atoms with Crippen molar-refractivity contribution in [2.24, 2.45) is 0 Å². The molecule has 8 nitrogen and oxygen atoms in total. The third-order valence-electron chi connectivity index (χ3n) is 18.4. The van der Waals surface area contributed by atoms with E-state index in [0.717, 1.165) is 71.7 Å². The maximum Gasteiger partial charge on any atom is 0.192 e. The minimum atomic E-state index is -1.88. The Hall–Kier alpha value is -0.308. The summed E-state index contributed by atoms with van der Waals surface area (Å²) in [5.74, 6) is 0.804. The molecule has 4 aliphatic rings. The van der Waals surface area contributed by atoms with Crippen LogP contribution >= 0.6 is 31.9 Å². The van der Waals surface area contributed by atoms with Crippen LogP contribution in [0.15, 0.2) is 45.3 Å². The third-order valence-corrected chi connectivity index (χ3v) is 37.7. The Morgan fingerprint density at radius 3 is 0.870 bits per heavy atom. The highest BCUT2D eigenvalue weighted by Crippen LogP contribution is 2.57. The van der Waals surface area contributed by atoms with E-state index < -0.39 is 33.3 Å². The molecule has 69 heavy (non-hydrogen) atoms. The van der Waals surface area contributed by atoms with Gasteiger partial charge in [0.2, 0.25) is 0 Å². The lowest BCUT2D eigenvalue weighted by molar-refractivity contribution is -0.173. The number of ether oxygens (including phenoxy) is 2. The predicted molar refractivity (Wildman–Crippen MR) is 311 cm³/mol. The Morgan fingerprint density at radius 1 is 0.464 bits per heavy atom. The molecule has 4 saturated heterocycles. The lowest BCUT2D eigenvalue weighted by Crippen LogP contribution is -2.53. The molecule has 4 N–H and O–H groups in total. The summed E-state index contributed by atoms with van der Waals surface area (Å²) in [6.07, 6.45) is 8.09. The van der Waals surface area contributed by atoms with Gasteiger partial charge in [0, 0.05) is 28.7 Å². The van der Waals surface area contributed by atoms with Gasteiger partial charge in [-0.15, -0.1) is 0 Å². The van der Waals surface area contributed by atoms with Crippen molar-refractivity contribution in [1.29, 1.82) is 0 Å². The van der Waals surface area contributed by atoms with Crippen LogP contribution < -0.4 is 11.5 Å². The average molecular weight is 1150 g/mol. The predicted octanol–water partition coefficient (Wildman–Crippen LogP) is 16.1. The van der Waals surface area contributed by atoms with Gasteiger partial charge in [-0.1, -0.05) is 95.2 Å². The van der Waals surface area contributed by atoms with Gasteiger partial charge in [-0.25, -0.2) is 0 Å². The molecule has 0 aromatic heterocycles. The highest BCUT2D eigenvalue weighted by Gasteiger charge is 2.59. The topological polar surface area (TPSA) is 107 Å². The monoisotopic (exact) mass is 1150 g/mol. The summed E-state index contributed by atoms with van der Waals surface area (Å²) in [5, 5.41) is 0.725. The molecule has 6 atom stereocenters. The number of anilines is 2. The van der Waals surface area contributed by atoms with Gasteiger partial charge >= 0.3 is 0 Å². The van der Waals surface area contributed by atoms with E-state index in [0.29, 0.717) is 38.3 Å². The summed E-state index contributed by atoms with van der Waals surface area (Å²) in [5.41, 5.74) is 15.5. The molecule has 0 amide bonds. The molecule has 0 spiro atoms. The molecular formula is C54H96BBr2N2O6Si4. The van der Waals surface area contributed by atoms with Crippen molar-refractivity contribution < 1.29 is 27.2 Å². The van der Waals surface area contributed by atoms with Gasteiger partial charge in [-0.3, -0.25) is 0 Å². The van der Waals surface area contributed by atoms with E-state index in [-0.39, 0.29) is 51.0 Å². The fraction of sp³-hybridized carbons (Fsp3) is 0.778. The highest BCUT2D eigenvalue weighted by atomic mass is 79.9. The van der Waals surface area contributed by atoms with Gasteiger partial charge in [0.05, 0.1) is 48.8 Å². The number of nitrogens with two attached hydrogens (primary N) is 2. The quantitative estimate of drug-likeness (QED) is 0.142. The van der Waals surface area contributed by atoms with E-state index in [1.807, 2.05) is 12.1 Å². The molecule has 15 heteroatoms. The van der Waals surface area contributed by atoms with E-state index in [1.54, 1.807) is 0 Å². The van der Waals surface area contributed by atoms with Crippen LogP contribution in [-0.4, -0.2) is 90.5 Å². The van der Waals surface area contributed by atoms with Crippen molar-refractivity contribution in [1.82, 2.24) is 0 Å². The first-order valence-electron chi connectivity index (χ1n) is 25.7. The summed E-state index contributed by atoms with van der Waals surface area (Å²) >= 11 is 7.30. The van der Waals surface area contributed by atoms with Crippen LogP contribution in [0.2, 0.25) is 72.5 Å². The van der Waals surface area contributed by atoms with Crippen LogP contribution in [-0.2, 0) is 27.2 Å².